The molecular weight excluding hydrogens is 246 g/mol. The minimum absolute atomic E-state index is 0.582. The van der Waals surface area contributed by atoms with E-state index in [1.165, 1.54) is 18.4 Å². The van der Waals surface area contributed by atoms with Gasteiger partial charge in [-0.25, -0.2) is 0 Å². The molecule has 0 aliphatic heterocycles. The van der Waals surface area contributed by atoms with Crippen LogP contribution in [0.15, 0.2) is 24.3 Å². The Morgan fingerprint density at radius 2 is 2.00 bits per heavy atom. The zero-order valence-corrected chi connectivity index (χ0v) is 13.0. The summed E-state index contributed by atoms with van der Waals surface area (Å²) in [6.07, 6.45) is 4.27. The van der Waals surface area contributed by atoms with Crippen molar-refractivity contribution in [3.05, 3.63) is 29.8 Å². The van der Waals surface area contributed by atoms with Crippen LogP contribution in [-0.4, -0.2) is 19.2 Å². The summed E-state index contributed by atoms with van der Waals surface area (Å²) >= 11 is 0. The van der Waals surface area contributed by atoms with Gasteiger partial charge in [-0.2, -0.15) is 0 Å². The molecule has 0 aliphatic carbocycles. The van der Waals surface area contributed by atoms with Gasteiger partial charge >= 0.3 is 0 Å². The van der Waals surface area contributed by atoms with E-state index in [1.54, 1.807) is 0 Å². The lowest BCUT2D eigenvalue weighted by Gasteiger charge is -2.13. The van der Waals surface area contributed by atoms with Crippen LogP contribution in [-0.2, 0) is 6.42 Å². The Balaban J connectivity index is 2.28. The quantitative estimate of drug-likeness (QED) is 0.546. The summed E-state index contributed by atoms with van der Waals surface area (Å²) in [5.41, 5.74) is 1.37. The average molecular weight is 273 g/mol. The first kappa shape index (κ1) is 16.6. The van der Waals surface area contributed by atoms with Crippen LogP contribution in [0.25, 0.3) is 0 Å². The highest BCUT2D eigenvalue weighted by Crippen LogP contribution is 2.14. The Morgan fingerprint density at radius 1 is 1.25 bits per heavy atom. The normalized spacial score (nSPS) is 11.6. The molecule has 1 unspecified atom stereocenters. The maximum Gasteiger partial charge on any atom is 0.119 e. The summed E-state index contributed by atoms with van der Waals surface area (Å²) < 4.78 is 5.63. The van der Waals surface area contributed by atoms with E-state index in [4.69, 9.17) is 4.74 Å². The van der Waals surface area contributed by atoms with Gasteiger partial charge in [0.1, 0.15) is 5.75 Å². The lowest BCUT2D eigenvalue weighted by Crippen LogP contribution is -2.27. The van der Waals surface area contributed by atoms with Crippen molar-refractivity contribution >= 4 is 0 Å². The van der Waals surface area contributed by atoms with Gasteiger partial charge in [0.05, 0.1) is 6.61 Å². The first-order valence-corrected chi connectivity index (χ1v) is 7.61. The largest absolute Gasteiger partial charge is 0.493 e. The number of nitrogens with one attached hydrogen (secondary N) is 1. The standard InChI is InChI=1S/C18H27NO/c1-4-6-7-15-20-18-12-10-17(11-13-18)9-8-16(3)19-14-5-2/h10-13,16,19H,5,7-9,14-15H2,1-3H3. The number of aryl methyl sites for hydroxylation is 1. The molecule has 1 aromatic carbocycles. The van der Waals surface area contributed by atoms with Gasteiger partial charge in [-0.15, -0.1) is 11.8 Å². The van der Waals surface area contributed by atoms with E-state index >= 15 is 0 Å². The molecule has 110 valence electrons. The molecule has 0 aromatic heterocycles. The minimum Gasteiger partial charge on any atom is -0.493 e. The second-order valence-electron chi connectivity index (χ2n) is 5.06. The summed E-state index contributed by atoms with van der Waals surface area (Å²) in [4.78, 5) is 0. The Hall–Kier alpha value is -1.46. The summed E-state index contributed by atoms with van der Waals surface area (Å²) in [6, 6.07) is 9.01. The van der Waals surface area contributed by atoms with Crippen LogP contribution < -0.4 is 10.1 Å². The van der Waals surface area contributed by atoms with Crippen molar-refractivity contribution < 1.29 is 4.74 Å². The van der Waals surface area contributed by atoms with Gasteiger partial charge in [0.2, 0.25) is 0 Å². The predicted octanol–water partition coefficient (Wildman–Crippen LogP) is 3.80. The lowest BCUT2D eigenvalue weighted by atomic mass is 10.1. The Morgan fingerprint density at radius 3 is 2.65 bits per heavy atom. The van der Waals surface area contributed by atoms with E-state index < -0.39 is 0 Å². The molecule has 2 nitrogen and oxygen atoms in total. The maximum atomic E-state index is 5.63. The van der Waals surface area contributed by atoms with Gasteiger partial charge in [-0.3, -0.25) is 0 Å². The molecule has 0 saturated carbocycles. The topological polar surface area (TPSA) is 21.3 Å². The van der Waals surface area contributed by atoms with Gasteiger partial charge in [-0.1, -0.05) is 19.1 Å². The maximum absolute atomic E-state index is 5.63. The van der Waals surface area contributed by atoms with Crippen LogP contribution >= 0.6 is 0 Å². The zero-order valence-electron chi connectivity index (χ0n) is 13.0. The molecule has 0 fully saturated rings. The lowest BCUT2D eigenvalue weighted by molar-refractivity contribution is 0.327. The van der Waals surface area contributed by atoms with Crippen LogP contribution in [0.5, 0.6) is 5.75 Å². The van der Waals surface area contributed by atoms with Crippen molar-refractivity contribution in [3.63, 3.8) is 0 Å². The minimum atomic E-state index is 0.582. The van der Waals surface area contributed by atoms with Gasteiger partial charge in [-0.05, 0) is 57.4 Å². The first-order chi connectivity index (χ1) is 9.76. The monoisotopic (exact) mass is 273 g/mol. The number of ether oxygens (including phenoxy) is 1. The van der Waals surface area contributed by atoms with E-state index in [0.717, 1.165) is 25.1 Å². The van der Waals surface area contributed by atoms with Gasteiger partial charge < -0.3 is 10.1 Å². The highest BCUT2D eigenvalue weighted by Gasteiger charge is 2.01. The molecule has 0 amide bonds. The first-order valence-electron chi connectivity index (χ1n) is 7.61. The van der Waals surface area contributed by atoms with Crippen LogP contribution in [0.2, 0.25) is 0 Å². The van der Waals surface area contributed by atoms with Crippen molar-refractivity contribution in [1.82, 2.24) is 5.32 Å². The molecule has 20 heavy (non-hydrogen) atoms. The third-order valence-corrected chi connectivity index (χ3v) is 3.20. The Labute approximate surface area is 123 Å². The predicted molar refractivity (Wildman–Crippen MR) is 86.1 cm³/mol. The molecule has 0 bridgehead atoms. The fraction of sp³-hybridized carbons (Fsp3) is 0.556. The summed E-state index contributed by atoms with van der Waals surface area (Å²) in [7, 11) is 0. The molecule has 0 saturated heterocycles. The van der Waals surface area contributed by atoms with E-state index in [2.05, 4.69) is 55.3 Å². The Kier molecular flexibility index (Phi) is 8.58. The van der Waals surface area contributed by atoms with Crippen molar-refractivity contribution in [1.29, 1.82) is 0 Å². The third kappa shape index (κ3) is 7.21. The van der Waals surface area contributed by atoms with Crippen molar-refractivity contribution in [2.75, 3.05) is 13.2 Å². The number of hydrogen-bond donors (Lipinski definition) is 1. The molecule has 0 aliphatic rings. The zero-order chi connectivity index (χ0) is 14.6. The SMILES string of the molecule is CC#CCCOc1ccc(CCC(C)NCCC)cc1. The van der Waals surface area contributed by atoms with Gasteiger partial charge in [0, 0.05) is 12.5 Å². The molecule has 1 aromatic rings. The van der Waals surface area contributed by atoms with Crippen LogP contribution in [0.1, 0.15) is 45.6 Å². The molecule has 1 rings (SSSR count). The van der Waals surface area contributed by atoms with E-state index in [1.807, 2.05) is 6.92 Å². The number of rotatable bonds is 9. The van der Waals surface area contributed by atoms with E-state index in [0.29, 0.717) is 12.6 Å². The van der Waals surface area contributed by atoms with Gasteiger partial charge in [0.15, 0.2) is 0 Å². The average Bonchev–Trinajstić information content (AvgIpc) is 2.48. The molecule has 1 atom stereocenters. The fourth-order valence-corrected chi connectivity index (χ4v) is 1.97. The number of benzene rings is 1. The molecular formula is C18H27NO. The highest BCUT2D eigenvalue weighted by atomic mass is 16.5. The van der Waals surface area contributed by atoms with E-state index in [-0.39, 0.29) is 0 Å². The highest BCUT2D eigenvalue weighted by molar-refractivity contribution is 5.27. The molecule has 0 heterocycles. The summed E-state index contributed by atoms with van der Waals surface area (Å²) in [5, 5.41) is 3.52. The fourth-order valence-electron chi connectivity index (χ4n) is 1.97. The van der Waals surface area contributed by atoms with Gasteiger partial charge in [0.25, 0.3) is 0 Å². The Bertz CT molecular complexity index is 413. The smallest absolute Gasteiger partial charge is 0.119 e. The summed E-state index contributed by atoms with van der Waals surface area (Å²) in [6.45, 7) is 8.07. The second-order valence-corrected chi connectivity index (χ2v) is 5.06. The molecule has 0 spiro atoms. The molecule has 2 heteroatoms. The van der Waals surface area contributed by atoms with E-state index in [9.17, 15) is 0 Å². The van der Waals surface area contributed by atoms with Crippen LogP contribution in [0.3, 0.4) is 0 Å². The van der Waals surface area contributed by atoms with Crippen LogP contribution in [0, 0.1) is 11.8 Å². The van der Waals surface area contributed by atoms with Crippen molar-refractivity contribution in [2.24, 2.45) is 0 Å². The van der Waals surface area contributed by atoms with Crippen LogP contribution in [0.4, 0.5) is 0 Å². The third-order valence-electron chi connectivity index (χ3n) is 3.20. The molecule has 1 N–H and O–H groups in total. The van der Waals surface area contributed by atoms with Crippen molar-refractivity contribution in [2.45, 2.75) is 52.5 Å². The molecule has 0 radical (unpaired) electrons. The van der Waals surface area contributed by atoms with Crippen molar-refractivity contribution in [3.8, 4) is 17.6 Å². The number of hydrogen-bond acceptors (Lipinski definition) is 2. The second kappa shape index (κ2) is 10.3. The summed E-state index contributed by atoms with van der Waals surface area (Å²) in [5.74, 6) is 6.80.